The lowest BCUT2D eigenvalue weighted by Crippen LogP contribution is -2.26. The number of aryl methyl sites for hydroxylation is 1. The Hall–Kier alpha value is -4.06. The zero-order chi connectivity index (χ0) is 23.9. The fourth-order valence-electron chi connectivity index (χ4n) is 4.01. The number of pyridine rings is 2. The van der Waals surface area contributed by atoms with E-state index in [1.165, 1.54) is 0 Å². The molecule has 4 rings (SSSR count). The second-order valence-electron chi connectivity index (χ2n) is 8.35. The molecule has 1 amide bonds. The van der Waals surface area contributed by atoms with Crippen LogP contribution in [0, 0.1) is 0 Å². The van der Waals surface area contributed by atoms with Crippen molar-refractivity contribution in [3.63, 3.8) is 0 Å². The summed E-state index contributed by atoms with van der Waals surface area (Å²) in [5, 5.41) is 12.9. The van der Waals surface area contributed by atoms with Crippen molar-refractivity contribution in [3.8, 4) is 11.3 Å². The number of unbranched alkanes of at least 4 members (excludes halogenated alkanes) is 1. The Morgan fingerprint density at radius 2 is 1.74 bits per heavy atom. The number of carboxylic acid groups (broad SMARTS) is 1. The lowest BCUT2D eigenvalue weighted by Gasteiger charge is -2.15. The van der Waals surface area contributed by atoms with Gasteiger partial charge >= 0.3 is 5.97 Å². The summed E-state index contributed by atoms with van der Waals surface area (Å²) >= 11 is 0. The molecule has 0 aliphatic rings. The molecule has 2 heterocycles. The molecule has 0 saturated carbocycles. The molecular formula is C28H27N3O3. The van der Waals surface area contributed by atoms with Crippen LogP contribution in [0.4, 0.5) is 0 Å². The van der Waals surface area contributed by atoms with Crippen molar-refractivity contribution in [1.82, 2.24) is 15.3 Å². The average molecular weight is 454 g/mol. The van der Waals surface area contributed by atoms with Crippen LogP contribution in [-0.2, 0) is 11.2 Å². The maximum Gasteiger partial charge on any atom is 0.303 e. The van der Waals surface area contributed by atoms with Gasteiger partial charge in [0.25, 0.3) is 5.91 Å². The van der Waals surface area contributed by atoms with E-state index in [0.717, 1.165) is 46.1 Å². The van der Waals surface area contributed by atoms with Crippen LogP contribution >= 0.6 is 0 Å². The van der Waals surface area contributed by atoms with Gasteiger partial charge < -0.3 is 10.4 Å². The first kappa shape index (κ1) is 23.1. The maximum atomic E-state index is 12.9. The Balaban J connectivity index is 1.62. The average Bonchev–Trinajstić information content (AvgIpc) is 2.86. The number of carbonyl (C=O) groups excluding carboxylic acids is 1. The van der Waals surface area contributed by atoms with Gasteiger partial charge in [-0.25, -0.2) is 4.98 Å². The van der Waals surface area contributed by atoms with Gasteiger partial charge in [-0.15, -0.1) is 0 Å². The van der Waals surface area contributed by atoms with E-state index in [4.69, 9.17) is 10.1 Å². The first-order chi connectivity index (χ1) is 16.5. The van der Waals surface area contributed by atoms with Crippen molar-refractivity contribution in [3.05, 3.63) is 95.8 Å². The van der Waals surface area contributed by atoms with E-state index in [0.29, 0.717) is 12.0 Å². The summed E-state index contributed by atoms with van der Waals surface area (Å²) in [7, 11) is 0. The number of aromatic nitrogens is 2. The standard InChI is InChI=1S/C28H27N3O3/c1-19(20-13-15-29-16-14-20)30-28(34)23-11-12-25-24(18-23)17-22(9-5-6-10-26(32)33)27(31-25)21-7-3-2-4-8-21/h2-4,7-8,11-19H,5-6,9-10H2,1H3,(H,30,34)(H,32,33). The number of nitrogens with zero attached hydrogens (tertiary/aromatic N) is 2. The highest BCUT2D eigenvalue weighted by Gasteiger charge is 2.14. The van der Waals surface area contributed by atoms with E-state index in [1.807, 2.05) is 61.5 Å². The predicted molar refractivity (Wildman–Crippen MR) is 132 cm³/mol. The highest BCUT2D eigenvalue weighted by Crippen LogP contribution is 2.28. The van der Waals surface area contributed by atoms with Gasteiger partial charge in [-0.05, 0) is 73.7 Å². The minimum absolute atomic E-state index is 0.144. The van der Waals surface area contributed by atoms with Crippen molar-refractivity contribution in [2.24, 2.45) is 0 Å². The zero-order valence-corrected chi connectivity index (χ0v) is 19.1. The second-order valence-corrected chi connectivity index (χ2v) is 8.35. The van der Waals surface area contributed by atoms with Gasteiger partial charge in [0.05, 0.1) is 17.3 Å². The maximum absolute atomic E-state index is 12.9. The summed E-state index contributed by atoms with van der Waals surface area (Å²) < 4.78 is 0. The Morgan fingerprint density at radius 1 is 0.971 bits per heavy atom. The number of carboxylic acids is 1. The van der Waals surface area contributed by atoms with Crippen LogP contribution in [0.25, 0.3) is 22.2 Å². The number of nitrogens with one attached hydrogen (secondary N) is 1. The molecule has 4 aromatic rings. The number of fused-ring (bicyclic) bond motifs is 1. The first-order valence-electron chi connectivity index (χ1n) is 11.4. The third-order valence-electron chi connectivity index (χ3n) is 5.84. The van der Waals surface area contributed by atoms with Crippen LogP contribution < -0.4 is 5.32 Å². The summed E-state index contributed by atoms with van der Waals surface area (Å²) in [4.78, 5) is 32.7. The molecule has 2 aromatic heterocycles. The van der Waals surface area contributed by atoms with Crippen LogP contribution in [-0.4, -0.2) is 27.0 Å². The smallest absolute Gasteiger partial charge is 0.303 e. The molecule has 2 aromatic carbocycles. The summed E-state index contributed by atoms with van der Waals surface area (Å²) in [6.07, 6.45) is 5.65. The topological polar surface area (TPSA) is 92.2 Å². The number of hydrogen-bond acceptors (Lipinski definition) is 4. The van der Waals surface area contributed by atoms with E-state index in [-0.39, 0.29) is 18.4 Å². The van der Waals surface area contributed by atoms with E-state index < -0.39 is 5.97 Å². The molecular weight excluding hydrogens is 426 g/mol. The van der Waals surface area contributed by atoms with Gasteiger partial charge in [0.1, 0.15) is 0 Å². The van der Waals surface area contributed by atoms with Gasteiger partial charge in [-0.2, -0.15) is 0 Å². The van der Waals surface area contributed by atoms with Crippen LogP contribution in [0.5, 0.6) is 0 Å². The monoisotopic (exact) mass is 453 g/mol. The summed E-state index contributed by atoms with van der Waals surface area (Å²) in [5.74, 6) is -0.932. The second kappa shape index (κ2) is 10.7. The van der Waals surface area contributed by atoms with Gasteiger partial charge in [0, 0.05) is 35.3 Å². The van der Waals surface area contributed by atoms with Crippen molar-refractivity contribution in [1.29, 1.82) is 0 Å². The van der Waals surface area contributed by atoms with Crippen LogP contribution in [0.15, 0.2) is 79.1 Å². The van der Waals surface area contributed by atoms with E-state index in [2.05, 4.69) is 16.4 Å². The van der Waals surface area contributed by atoms with E-state index >= 15 is 0 Å². The molecule has 0 saturated heterocycles. The predicted octanol–water partition coefficient (Wildman–Crippen LogP) is 5.59. The van der Waals surface area contributed by atoms with Crippen LogP contribution in [0.2, 0.25) is 0 Å². The molecule has 6 nitrogen and oxygen atoms in total. The third kappa shape index (κ3) is 5.64. The quantitative estimate of drug-likeness (QED) is 0.323. The first-order valence-corrected chi connectivity index (χ1v) is 11.4. The van der Waals surface area contributed by atoms with Gasteiger partial charge in [-0.3, -0.25) is 14.6 Å². The third-order valence-corrected chi connectivity index (χ3v) is 5.84. The molecule has 1 unspecified atom stereocenters. The Kier molecular flexibility index (Phi) is 7.28. The molecule has 172 valence electrons. The molecule has 0 spiro atoms. The molecule has 6 heteroatoms. The fraction of sp³-hybridized carbons (Fsp3) is 0.214. The zero-order valence-electron chi connectivity index (χ0n) is 19.1. The van der Waals surface area contributed by atoms with Crippen LogP contribution in [0.1, 0.15) is 53.7 Å². The minimum atomic E-state index is -0.781. The summed E-state index contributed by atoms with van der Waals surface area (Å²) in [6, 6.07) is 21.2. The van der Waals surface area contributed by atoms with Crippen molar-refractivity contribution in [2.45, 2.75) is 38.6 Å². The fourth-order valence-corrected chi connectivity index (χ4v) is 4.01. The van der Waals surface area contributed by atoms with Crippen LogP contribution in [0.3, 0.4) is 0 Å². The SMILES string of the molecule is CC(NC(=O)c1ccc2nc(-c3ccccc3)c(CCCCC(=O)O)cc2c1)c1ccncc1. The molecule has 2 N–H and O–H groups in total. The lowest BCUT2D eigenvalue weighted by molar-refractivity contribution is -0.137. The molecule has 1 atom stereocenters. The molecule has 34 heavy (non-hydrogen) atoms. The van der Waals surface area contributed by atoms with Gasteiger partial charge in [-0.1, -0.05) is 30.3 Å². The number of benzene rings is 2. The van der Waals surface area contributed by atoms with E-state index in [1.54, 1.807) is 18.5 Å². The normalized spacial score (nSPS) is 11.8. The lowest BCUT2D eigenvalue weighted by atomic mass is 9.98. The Bertz CT molecular complexity index is 1290. The number of aliphatic carboxylic acids is 1. The number of hydrogen-bond donors (Lipinski definition) is 2. The number of amides is 1. The number of rotatable bonds is 9. The van der Waals surface area contributed by atoms with Crippen molar-refractivity contribution in [2.75, 3.05) is 0 Å². The molecule has 0 fully saturated rings. The largest absolute Gasteiger partial charge is 0.481 e. The number of carbonyl (C=O) groups is 2. The van der Waals surface area contributed by atoms with Crippen molar-refractivity contribution < 1.29 is 14.7 Å². The molecule has 0 aliphatic carbocycles. The molecule has 0 aliphatic heterocycles. The summed E-state index contributed by atoms with van der Waals surface area (Å²) in [5.41, 5.74) is 5.33. The Labute approximate surface area is 198 Å². The molecule has 0 radical (unpaired) electrons. The summed E-state index contributed by atoms with van der Waals surface area (Å²) in [6.45, 7) is 1.94. The highest BCUT2D eigenvalue weighted by atomic mass is 16.4. The van der Waals surface area contributed by atoms with Crippen molar-refractivity contribution >= 4 is 22.8 Å². The Morgan fingerprint density at radius 3 is 2.47 bits per heavy atom. The highest BCUT2D eigenvalue weighted by molar-refractivity contribution is 5.98. The molecule has 0 bridgehead atoms. The minimum Gasteiger partial charge on any atom is -0.481 e. The van der Waals surface area contributed by atoms with Gasteiger partial charge in [0.15, 0.2) is 0 Å². The van der Waals surface area contributed by atoms with Gasteiger partial charge in [0.2, 0.25) is 0 Å². The van der Waals surface area contributed by atoms with E-state index in [9.17, 15) is 9.59 Å².